The summed E-state index contributed by atoms with van der Waals surface area (Å²) in [7, 11) is 0. The normalized spacial score (nSPS) is 14.9. The fourth-order valence-corrected chi connectivity index (χ4v) is 4.64. The summed E-state index contributed by atoms with van der Waals surface area (Å²) in [6, 6.07) is 9.93. The molecule has 0 radical (unpaired) electrons. The highest BCUT2D eigenvalue weighted by molar-refractivity contribution is 5.81. The largest absolute Gasteiger partial charge is 0.371 e. The zero-order chi connectivity index (χ0) is 24.4. The smallest absolute Gasteiger partial charge is 0.154 e. The fraction of sp³-hybridized carbons (Fsp3) is 0.333. The van der Waals surface area contributed by atoms with E-state index in [2.05, 4.69) is 48.6 Å². The van der Waals surface area contributed by atoms with E-state index >= 15 is 0 Å². The van der Waals surface area contributed by atoms with E-state index < -0.39 is 5.72 Å². The molecule has 4 aromatic heterocycles. The molecule has 1 aliphatic rings. The molecule has 8 nitrogen and oxygen atoms in total. The van der Waals surface area contributed by atoms with Gasteiger partial charge in [-0.05, 0) is 76.1 Å². The van der Waals surface area contributed by atoms with Crippen LogP contribution in [-0.4, -0.2) is 35.4 Å². The molecule has 0 aromatic carbocycles. The highest BCUT2D eigenvalue weighted by atomic mass is 16.3. The van der Waals surface area contributed by atoms with E-state index in [1.54, 1.807) is 13.1 Å². The van der Waals surface area contributed by atoms with Gasteiger partial charge in [-0.2, -0.15) is 5.10 Å². The van der Waals surface area contributed by atoms with E-state index in [1.807, 2.05) is 48.8 Å². The number of rotatable bonds is 5. The van der Waals surface area contributed by atoms with Crippen molar-refractivity contribution in [2.24, 2.45) is 0 Å². The summed E-state index contributed by atoms with van der Waals surface area (Å²) in [5.41, 5.74) is 4.32. The summed E-state index contributed by atoms with van der Waals surface area (Å²) < 4.78 is 1.82. The van der Waals surface area contributed by atoms with Gasteiger partial charge in [0.15, 0.2) is 5.82 Å². The van der Waals surface area contributed by atoms with Crippen molar-refractivity contribution >= 4 is 22.8 Å². The van der Waals surface area contributed by atoms with Crippen molar-refractivity contribution in [1.82, 2.24) is 24.6 Å². The van der Waals surface area contributed by atoms with Crippen molar-refractivity contribution in [3.8, 4) is 23.0 Å². The van der Waals surface area contributed by atoms with Gasteiger partial charge in [-0.15, -0.1) is 0 Å². The average molecular weight is 468 g/mol. The number of aryl methyl sites for hydroxylation is 2. The average Bonchev–Trinajstić information content (AvgIpc) is 3.21. The van der Waals surface area contributed by atoms with Gasteiger partial charge in [0, 0.05) is 29.6 Å². The van der Waals surface area contributed by atoms with Gasteiger partial charge < -0.3 is 15.7 Å². The summed E-state index contributed by atoms with van der Waals surface area (Å²) in [6.07, 6.45) is 8.32. The van der Waals surface area contributed by atoms with Gasteiger partial charge in [0.2, 0.25) is 0 Å². The van der Waals surface area contributed by atoms with Crippen LogP contribution in [0.15, 0.2) is 42.7 Å². The van der Waals surface area contributed by atoms with Crippen LogP contribution in [0.4, 0.5) is 17.3 Å². The maximum absolute atomic E-state index is 11.1. The van der Waals surface area contributed by atoms with Gasteiger partial charge in [0.25, 0.3) is 0 Å². The van der Waals surface area contributed by atoms with Crippen LogP contribution in [0, 0.1) is 25.7 Å². The van der Waals surface area contributed by atoms with Crippen LogP contribution in [0.3, 0.4) is 0 Å². The number of pyridine rings is 2. The maximum atomic E-state index is 11.1. The van der Waals surface area contributed by atoms with E-state index in [0.29, 0.717) is 23.2 Å². The molecule has 0 amide bonds. The molecule has 8 heteroatoms. The third kappa shape index (κ3) is 5.10. The molecule has 0 bridgehead atoms. The molecule has 4 heterocycles. The number of nitrogens with zero attached hydrogens (tertiary/aromatic N) is 5. The molecule has 0 atom stereocenters. The summed E-state index contributed by atoms with van der Waals surface area (Å²) in [5, 5.41) is 22.4. The fourth-order valence-electron chi connectivity index (χ4n) is 4.64. The highest BCUT2D eigenvalue weighted by Crippen LogP contribution is 2.35. The summed E-state index contributed by atoms with van der Waals surface area (Å²) >= 11 is 0. The van der Waals surface area contributed by atoms with E-state index in [9.17, 15) is 5.11 Å². The molecule has 35 heavy (non-hydrogen) atoms. The Labute approximate surface area is 204 Å². The number of anilines is 3. The Morgan fingerprint density at radius 2 is 1.86 bits per heavy atom. The van der Waals surface area contributed by atoms with Gasteiger partial charge in [0.1, 0.15) is 23.1 Å². The minimum Gasteiger partial charge on any atom is -0.371 e. The lowest BCUT2D eigenvalue weighted by molar-refractivity contribution is 0.0317. The zero-order valence-corrected chi connectivity index (χ0v) is 20.3. The molecule has 4 aromatic rings. The topological polar surface area (TPSA) is 100 Å². The molecule has 1 aliphatic carbocycles. The first-order valence-corrected chi connectivity index (χ1v) is 11.9. The van der Waals surface area contributed by atoms with Crippen molar-refractivity contribution in [3.05, 3.63) is 59.9 Å². The molecular formula is C27H29N7O. The van der Waals surface area contributed by atoms with Crippen LogP contribution in [0.5, 0.6) is 0 Å². The van der Waals surface area contributed by atoms with Crippen LogP contribution in [0.25, 0.3) is 16.6 Å². The number of aromatic nitrogens is 5. The number of aliphatic hydroxyl groups is 1. The molecule has 0 spiro atoms. The number of hydrogen-bond acceptors (Lipinski definition) is 7. The maximum Gasteiger partial charge on any atom is 0.154 e. The monoisotopic (exact) mass is 467 g/mol. The number of nitrogens with one attached hydrogen (secondary N) is 2. The minimum atomic E-state index is -0.918. The van der Waals surface area contributed by atoms with Crippen molar-refractivity contribution < 1.29 is 5.11 Å². The van der Waals surface area contributed by atoms with E-state index in [1.165, 1.54) is 0 Å². The molecule has 178 valence electrons. The van der Waals surface area contributed by atoms with Crippen LogP contribution >= 0.6 is 0 Å². The lowest BCUT2D eigenvalue weighted by Crippen LogP contribution is -2.40. The van der Waals surface area contributed by atoms with Gasteiger partial charge in [0.05, 0.1) is 17.4 Å². The Morgan fingerprint density at radius 3 is 2.63 bits per heavy atom. The van der Waals surface area contributed by atoms with Crippen LogP contribution in [-0.2, 0) is 0 Å². The molecule has 0 saturated heterocycles. The van der Waals surface area contributed by atoms with E-state index in [0.717, 1.165) is 60.1 Å². The Hall–Kier alpha value is -3.96. The van der Waals surface area contributed by atoms with E-state index in [-0.39, 0.29) is 0 Å². The number of hydrogen-bond donors (Lipinski definition) is 3. The first-order chi connectivity index (χ1) is 16.9. The van der Waals surface area contributed by atoms with Gasteiger partial charge >= 0.3 is 0 Å². The Balaban J connectivity index is 1.50. The van der Waals surface area contributed by atoms with Crippen LogP contribution < -0.4 is 10.6 Å². The van der Waals surface area contributed by atoms with Crippen molar-refractivity contribution in [3.63, 3.8) is 0 Å². The molecule has 1 saturated carbocycles. The van der Waals surface area contributed by atoms with Gasteiger partial charge in [-0.3, -0.25) is 0 Å². The van der Waals surface area contributed by atoms with Crippen LogP contribution in [0.2, 0.25) is 0 Å². The first-order valence-electron chi connectivity index (χ1n) is 11.9. The lowest BCUT2D eigenvalue weighted by atomic mass is 9.91. The Bertz CT molecular complexity index is 1420. The van der Waals surface area contributed by atoms with Crippen molar-refractivity contribution in [2.75, 3.05) is 10.6 Å². The Morgan fingerprint density at radius 1 is 1.03 bits per heavy atom. The minimum absolute atomic E-state index is 0.689. The third-order valence-electron chi connectivity index (χ3n) is 6.20. The van der Waals surface area contributed by atoms with Crippen molar-refractivity contribution in [1.29, 1.82) is 0 Å². The number of fused-ring (bicyclic) bond motifs is 1. The molecule has 0 unspecified atom stereocenters. The lowest BCUT2D eigenvalue weighted by Gasteiger charge is -2.34. The molecule has 5 rings (SSSR count). The van der Waals surface area contributed by atoms with Crippen molar-refractivity contribution in [2.45, 2.75) is 58.6 Å². The predicted molar refractivity (Wildman–Crippen MR) is 137 cm³/mol. The summed E-state index contributed by atoms with van der Waals surface area (Å²) in [5.74, 6) is 8.08. The standard InChI is InChI=1S/C27H29N7O/c1-4-8-21-15-23(24(17-28-21)32-27(35)10-6-5-7-11-27)20-9-12-34-22(14-20)16-26(33-34)31-25-13-18(2)29-19(3)30-25/h9,12-17,32,35H,5-7,10-11H2,1-3H3,(H,29,30,31,33). The predicted octanol–water partition coefficient (Wildman–Crippen LogP) is 4.98. The van der Waals surface area contributed by atoms with E-state index in [4.69, 9.17) is 0 Å². The molecular weight excluding hydrogens is 438 g/mol. The summed E-state index contributed by atoms with van der Waals surface area (Å²) in [4.78, 5) is 13.3. The van der Waals surface area contributed by atoms with Crippen LogP contribution in [0.1, 0.15) is 56.2 Å². The van der Waals surface area contributed by atoms with Gasteiger partial charge in [-0.1, -0.05) is 12.3 Å². The molecule has 3 N–H and O–H groups in total. The SMILES string of the molecule is CC#Cc1cc(-c2ccn3nc(Nc4cc(C)nc(C)n4)cc3c2)c(NC2(O)CCCCC2)cn1. The van der Waals surface area contributed by atoms with Gasteiger partial charge in [-0.25, -0.2) is 19.5 Å². The first kappa shape index (κ1) is 22.8. The second-order valence-corrected chi connectivity index (χ2v) is 9.09. The highest BCUT2D eigenvalue weighted by Gasteiger charge is 2.29. The zero-order valence-electron chi connectivity index (χ0n) is 20.3. The molecule has 0 aliphatic heterocycles. The third-order valence-corrected chi connectivity index (χ3v) is 6.20. The second kappa shape index (κ2) is 9.35. The molecule has 1 fully saturated rings. The second-order valence-electron chi connectivity index (χ2n) is 9.09. The summed E-state index contributed by atoms with van der Waals surface area (Å²) in [6.45, 7) is 5.61. The quantitative estimate of drug-likeness (QED) is 0.281. The Kier molecular flexibility index (Phi) is 6.10.